The number of alkyl halides is 3. The zero-order chi connectivity index (χ0) is 14.8. The lowest BCUT2D eigenvalue weighted by Crippen LogP contribution is -2.16. The van der Waals surface area contributed by atoms with Gasteiger partial charge in [0.05, 0.1) is 5.56 Å². The summed E-state index contributed by atoms with van der Waals surface area (Å²) in [6.07, 6.45) is -4.57. The third-order valence-electron chi connectivity index (χ3n) is 2.37. The van der Waals surface area contributed by atoms with Crippen LogP contribution < -0.4 is 5.73 Å². The third kappa shape index (κ3) is 3.30. The maximum absolute atomic E-state index is 12.7. The number of nitrogens with two attached hydrogens (primary N) is 1. The maximum atomic E-state index is 12.7. The molecule has 1 aromatic carbocycles. The van der Waals surface area contributed by atoms with Crippen LogP contribution in [0.15, 0.2) is 52.4 Å². The second-order valence-electron chi connectivity index (χ2n) is 3.83. The summed E-state index contributed by atoms with van der Waals surface area (Å²) in [5.41, 5.74) is 4.06. The van der Waals surface area contributed by atoms with E-state index in [-0.39, 0.29) is 10.6 Å². The Kier molecular flexibility index (Phi) is 3.99. The minimum Gasteiger partial charge on any atom is -0.366 e. The molecule has 7 heteroatoms. The van der Waals surface area contributed by atoms with Gasteiger partial charge in [-0.25, -0.2) is 4.98 Å². The highest BCUT2D eigenvalue weighted by Gasteiger charge is 2.33. The number of primary amides is 1. The summed E-state index contributed by atoms with van der Waals surface area (Å²) in [5, 5.41) is -0.0569. The van der Waals surface area contributed by atoms with Crippen LogP contribution in [0.4, 0.5) is 13.2 Å². The van der Waals surface area contributed by atoms with E-state index in [1.54, 1.807) is 30.3 Å². The second kappa shape index (κ2) is 5.54. The van der Waals surface area contributed by atoms with Gasteiger partial charge in [0.2, 0.25) is 0 Å². The van der Waals surface area contributed by atoms with E-state index >= 15 is 0 Å². The number of rotatable bonds is 3. The highest BCUT2D eigenvalue weighted by atomic mass is 32.2. The van der Waals surface area contributed by atoms with Gasteiger partial charge < -0.3 is 5.73 Å². The molecule has 104 valence electrons. The average molecular weight is 298 g/mol. The van der Waals surface area contributed by atoms with Crippen LogP contribution in [0.5, 0.6) is 0 Å². The molecule has 0 aliphatic carbocycles. The van der Waals surface area contributed by atoms with Crippen LogP contribution in [0.2, 0.25) is 0 Å². The van der Waals surface area contributed by atoms with Crippen LogP contribution in [0.1, 0.15) is 16.1 Å². The third-order valence-corrected chi connectivity index (χ3v) is 3.39. The zero-order valence-corrected chi connectivity index (χ0v) is 10.8. The molecule has 0 bridgehead atoms. The highest BCUT2D eigenvalue weighted by molar-refractivity contribution is 7.99. The van der Waals surface area contributed by atoms with Gasteiger partial charge in [-0.05, 0) is 24.3 Å². The number of carbonyl (C=O) groups excluding carboxylic acids is 1. The summed E-state index contributed by atoms with van der Waals surface area (Å²) in [6.45, 7) is 0. The van der Waals surface area contributed by atoms with Crippen molar-refractivity contribution in [2.75, 3.05) is 0 Å². The first-order valence-corrected chi connectivity index (χ1v) is 6.30. The fraction of sp³-hybridized carbons (Fsp3) is 0.0769. The zero-order valence-electron chi connectivity index (χ0n) is 10.0. The number of hydrogen-bond acceptors (Lipinski definition) is 3. The van der Waals surface area contributed by atoms with Crippen molar-refractivity contribution < 1.29 is 18.0 Å². The van der Waals surface area contributed by atoms with Crippen LogP contribution in [0, 0.1) is 0 Å². The molecule has 0 aliphatic heterocycles. The molecule has 0 unspecified atom stereocenters. The largest absolute Gasteiger partial charge is 0.433 e. The van der Waals surface area contributed by atoms with E-state index in [0.717, 1.165) is 23.9 Å². The first-order valence-electron chi connectivity index (χ1n) is 5.49. The van der Waals surface area contributed by atoms with E-state index in [4.69, 9.17) is 5.73 Å². The van der Waals surface area contributed by atoms with Gasteiger partial charge in [-0.2, -0.15) is 13.2 Å². The van der Waals surface area contributed by atoms with Crippen LogP contribution >= 0.6 is 11.8 Å². The minimum atomic E-state index is -4.57. The van der Waals surface area contributed by atoms with E-state index in [1.807, 2.05) is 0 Å². The van der Waals surface area contributed by atoms with Gasteiger partial charge in [0.15, 0.2) is 0 Å². The number of nitrogens with zero attached hydrogens (tertiary/aromatic N) is 1. The number of hydrogen-bond donors (Lipinski definition) is 1. The summed E-state index contributed by atoms with van der Waals surface area (Å²) in [4.78, 5) is 15.4. The van der Waals surface area contributed by atoms with Gasteiger partial charge in [0.1, 0.15) is 10.7 Å². The molecular weight excluding hydrogens is 289 g/mol. The summed E-state index contributed by atoms with van der Waals surface area (Å²) in [5.74, 6) is -0.815. The normalized spacial score (nSPS) is 11.3. The van der Waals surface area contributed by atoms with Gasteiger partial charge >= 0.3 is 6.18 Å². The number of carbonyl (C=O) groups is 1. The van der Waals surface area contributed by atoms with E-state index in [9.17, 15) is 18.0 Å². The fourth-order valence-electron chi connectivity index (χ4n) is 1.46. The smallest absolute Gasteiger partial charge is 0.366 e. The van der Waals surface area contributed by atoms with Gasteiger partial charge in [-0.15, -0.1) is 0 Å². The quantitative estimate of drug-likeness (QED) is 0.945. The number of amides is 1. The van der Waals surface area contributed by atoms with Crippen molar-refractivity contribution in [2.45, 2.75) is 16.1 Å². The molecule has 1 aromatic heterocycles. The van der Waals surface area contributed by atoms with Gasteiger partial charge in [0.25, 0.3) is 5.91 Å². The van der Waals surface area contributed by atoms with Crippen molar-refractivity contribution in [1.29, 1.82) is 0 Å². The first kappa shape index (κ1) is 14.4. The molecule has 3 nitrogen and oxygen atoms in total. The molecule has 2 N–H and O–H groups in total. The van der Waals surface area contributed by atoms with Gasteiger partial charge in [-0.3, -0.25) is 4.79 Å². The Morgan fingerprint density at radius 1 is 1.10 bits per heavy atom. The van der Waals surface area contributed by atoms with Crippen molar-refractivity contribution in [1.82, 2.24) is 4.98 Å². The summed E-state index contributed by atoms with van der Waals surface area (Å²) < 4.78 is 38.0. The molecule has 0 radical (unpaired) electrons. The maximum Gasteiger partial charge on any atom is 0.433 e. The summed E-state index contributed by atoms with van der Waals surface area (Å²) >= 11 is 0.961. The molecule has 0 saturated carbocycles. The molecule has 0 atom stereocenters. The molecule has 20 heavy (non-hydrogen) atoms. The molecule has 2 rings (SSSR count). The Hall–Kier alpha value is -2.02. The van der Waals surface area contributed by atoms with Gasteiger partial charge in [-0.1, -0.05) is 30.0 Å². The van der Waals surface area contributed by atoms with Crippen molar-refractivity contribution in [3.63, 3.8) is 0 Å². The van der Waals surface area contributed by atoms with Crippen LogP contribution in [0.3, 0.4) is 0 Å². The van der Waals surface area contributed by atoms with E-state index in [1.165, 1.54) is 0 Å². The Morgan fingerprint density at radius 2 is 1.75 bits per heavy atom. The topological polar surface area (TPSA) is 56.0 Å². The predicted molar refractivity (Wildman–Crippen MR) is 68.3 cm³/mol. The first-order chi connectivity index (χ1) is 9.38. The molecule has 0 fully saturated rings. The molecule has 0 spiro atoms. The monoisotopic (exact) mass is 298 g/mol. The van der Waals surface area contributed by atoms with Crippen LogP contribution in [0.25, 0.3) is 0 Å². The lowest BCUT2D eigenvalue weighted by molar-refractivity contribution is -0.141. The van der Waals surface area contributed by atoms with Crippen molar-refractivity contribution >= 4 is 17.7 Å². The standard InChI is InChI=1S/C13H9F3N2OS/c14-13(15,16)10-7-6-9(11(17)19)12(18-10)20-8-4-2-1-3-5-8/h1-7H,(H2,17,19). The highest BCUT2D eigenvalue weighted by Crippen LogP contribution is 2.33. The lowest BCUT2D eigenvalue weighted by atomic mass is 10.2. The Labute approximate surface area is 117 Å². The molecule has 1 heterocycles. The van der Waals surface area contributed by atoms with E-state index < -0.39 is 17.8 Å². The number of aromatic nitrogens is 1. The summed E-state index contributed by atoms with van der Waals surface area (Å²) in [7, 11) is 0. The molecule has 2 aromatic rings. The van der Waals surface area contributed by atoms with Gasteiger partial charge in [0, 0.05) is 4.90 Å². The average Bonchev–Trinajstić information content (AvgIpc) is 2.38. The van der Waals surface area contributed by atoms with Crippen molar-refractivity contribution in [3.8, 4) is 0 Å². The lowest BCUT2D eigenvalue weighted by Gasteiger charge is -2.10. The minimum absolute atomic E-state index is 0.0353. The molecule has 0 aliphatic rings. The second-order valence-corrected chi connectivity index (χ2v) is 4.89. The predicted octanol–water partition coefficient (Wildman–Crippen LogP) is 3.35. The Balaban J connectivity index is 2.45. The number of benzene rings is 1. The summed E-state index contributed by atoms with van der Waals surface area (Å²) in [6, 6.07) is 10.5. The molecular formula is C13H9F3N2OS. The van der Waals surface area contributed by atoms with Crippen LogP contribution in [-0.2, 0) is 6.18 Å². The van der Waals surface area contributed by atoms with E-state index in [0.29, 0.717) is 4.90 Å². The SMILES string of the molecule is NC(=O)c1ccc(C(F)(F)F)nc1Sc1ccccc1. The van der Waals surface area contributed by atoms with Crippen LogP contribution in [-0.4, -0.2) is 10.9 Å². The fourth-order valence-corrected chi connectivity index (χ4v) is 2.40. The van der Waals surface area contributed by atoms with Crippen molar-refractivity contribution in [3.05, 3.63) is 53.7 Å². The number of pyridine rings is 1. The van der Waals surface area contributed by atoms with E-state index in [2.05, 4.69) is 4.98 Å². The molecule has 1 amide bonds. The Bertz CT molecular complexity index is 629. The molecule has 0 saturated heterocycles. The van der Waals surface area contributed by atoms with Crippen molar-refractivity contribution in [2.24, 2.45) is 5.73 Å². The Morgan fingerprint density at radius 3 is 2.30 bits per heavy atom. The number of halogens is 3.